The van der Waals surface area contributed by atoms with E-state index in [1.165, 1.54) is 6.33 Å². The first-order valence-corrected chi connectivity index (χ1v) is 6.54. The summed E-state index contributed by atoms with van der Waals surface area (Å²) in [6.07, 6.45) is 7.40. The van der Waals surface area contributed by atoms with Gasteiger partial charge in [0.05, 0.1) is 12.0 Å². The number of nitrogen functional groups attached to an aromatic ring is 1. The van der Waals surface area contributed by atoms with E-state index < -0.39 is 24.5 Å². The Labute approximate surface area is 121 Å². The molecule has 2 aromatic heterocycles. The van der Waals surface area contributed by atoms with Crippen LogP contribution in [-0.4, -0.2) is 43.1 Å². The predicted molar refractivity (Wildman–Crippen MR) is 76.1 cm³/mol. The highest BCUT2D eigenvalue weighted by Crippen LogP contribution is 2.38. The second-order valence-electron chi connectivity index (χ2n) is 5.19. The smallest absolute Gasteiger partial charge is 0.179 e. The van der Waals surface area contributed by atoms with Crippen LogP contribution >= 0.6 is 0 Å². The van der Waals surface area contributed by atoms with Crippen molar-refractivity contribution in [3.05, 3.63) is 18.1 Å². The number of aliphatic hydroxyl groups excluding tert-OH is 2. The van der Waals surface area contributed by atoms with Crippen LogP contribution in [0.4, 0.5) is 5.82 Å². The van der Waals surface area contributed by atoms with Crippen molar-refractivity contribution in [3.63, 3.8) is 0 Å². The van der Waals surface area contributed by atoms with Crippen LogP contribution < -0.4 is 5.73 Å². The number of ether oxygens (including phenoxy) is 1. The van der Waals surface area contributed by atoms with E-state index in [2.05, 4.69) is 15.9 Å². The minimum Gasteiger partial charge on any atom is -0.392 e. The number of aryl methyl sites for hydroxylation is 1. The van der Waals surface area contributed by atoms with E-state index in [-0.39, 0.29) is 6.42 Å². The minimum atomic E-state index is -1.38. The van der Waals surface area contributed by atoms with Gasteiger partial charge in [0, 0.05) is 12.6 Å². The number of aromatic nitrogens is 3. The Balaban J connectivity index is 2.08. The largest absolute Gasteiger partial charge is 0.392 e. The zero-order chi connectivity index (χ0) is 15.2. The molecule has 0 spiro atoms. The van der Waals surface area contributed by atoms with Gasteiger partial charge < -0.3 is 25.3 Å². The Morgan fingerprint density at radius 3 is 3.00 bits per heavy atom. The normalized spacial score (nSPS) is 28.9. The molecule has 1 fully saturated rings. The molecular formula is C14H16N4O3. The molecule has 1 saturated heterocycles. The van der Waals surface area contributed by atoms with Crippen LogP contribution in [-0.2, 0) is 4.74 Å². The van der Waals surface area contributed by atoms with Gasteiger partial charge in [-0.15, -0.1) is 6.42 Å². The maximum absolute atomic E-state index is 10.1. The molecule has 2 aromatic rings. The summed E-state index contributed by atoms with van der Waals surface area (Å²) in [7, 11) is 0. The van der Waals surface area contributed by atoms with Crippen molar-refractivity contribution in [2.45, 2.75) is 31.3 Å². The van der Waals surface area contributed by atoms with E-state index in [4.69, 9.17) is 16.9 Å². The van der Waals surface area contributed by atoms with Gasteiger partial charge in [0.2, 0.25) is 0 Å². The van der Waals surface area contributed by atoms with Crippen LogP contribution in [0.15, 0.2) is 12.5 Å². The van der Waals surface area contributed by atoms with Crippen LogP contribution in [0.5, 0.6) is 0 Å². The molecule has 4 N–H and O–H groups in total. The summed E-state index contributed by atoms with van der Waals surface area (Å²) in [4.78, 5) is 8.20. The zero-order valence-electron chi connectivity index (χ0n) is 11.5. The summed E-state index contributed by atoms with van der Waals surface area (Å²) in [5.41, 5.74) is 6.01. The van der Waals surface area contributed by atoms with Gasteiger partial charge in [0.25, 0.3) is 0 Å². The molecule has 0 aromatic carbocycles. The Morgan fingerprint density at radius 2 is 2.38 bits per heavy atom. The first-order chi connectivity index (χ1) is 10.0. The molecule has 3 unspecified atom stereocenters. The fourth-order valence-corrected chi connectivity index (χ4v) is 2.76. The Bertz CT molecular complexity index is 736. The number of anilines is 1. The number of nitrogens with zero attached hydrogens (tertiary/aromatic N) is 3. The molecule has 0 bridgehead atoms. The van der Waals surface area contributed by atoms with E-state index in [0.717, 1.165) is 10.9 Å². The minimum absolute atomic E-state index is 0.262. The summed E-state index contributed by atoms with van der Waals surface area (Å²) in [6.45, 7) is 1.45. The number of hydrogen-bond donors (Lipinski definition) is 3. The second-order valence-corrected chi connectivity index (χ2v) is 5.19. The fourth-order valence-electron chi connectivity index (χ4n) is 2.76. The van der Waals surface area contributed by atoms with Crippen molar-refractivity contribution in [1.29, 1.82) is 0 Å². The van der Waals surface area contributed by atoms with Crippen LogP contribution in [0.3, 0.4) is 0 Å². The summed E-state index contributed by atoms with van der Waals surface area (Å²) in [5.74, 6) is 2.74. The fraction of sp³-hybridized carbons (Fsp3) is 0.429. The van der Waals surface area contributed by atoms with Gasteiger partial charge in [0.1, 0.15) is 30.1 Å². The van der Waals surface area contributed by atoms with Crippen molar-refractivity contribution < 1.29 is 14.9 Å². The third kappa shape index (κ3) is 1.88. The number of aliphatic hydroxyl groups is 2. The van der Waals surface area contributed by atoms with E-state index >= 15 is 0 Å². The van der Waals surface area contributed by atoms with Crippen molar-refractivity contribution in [1.82, 2.24) is 14.5 Å². The highest BCUT2D eigenvalue weighted by molar-refractivity contribution is 5.89. The van der Waals surface area contributed by atoms with Crippen molar-refractivity contribution in [2.24, 2.45) is 0 Å². The summed E-state index contributed by atoms with van der Waals surface area (Å²) >= 11 is 0. The van der Waals surface area contributed by atoms with E-state index in [0.29, 0.717) is 11.5 Å². The standard InChI is InChI=1S/C14H16N4O3/c1-3-14(6-19)9(20)4-10(21-14)18-5-8(2)11-12(15)16-7-17-13(11)18/h1,5,7,9-10,19-20H,4,6H2,2H3,(H2,15,16,17). The monoisotopic (exact) mass is 288 g/mol. The van der Waals surface area contributed by atoms with E-state index in [1.807, 2.05) is 13.1 Å². The number of fused-ring (bicyclic) bond motifs is 1. The van der Waals surface area contributed by atoms with Gasteiger partial charge in [-0.2, -0.15) is 0 Å². The summed E-state index contributed by atoms with van der Waals surface area (Å²) in [5, 5.41) is 20.3. The highest BCUT2D eigenvalue weighted by atomic mass is 16.6. The molecule has 3 atom stereocenters. The molecule has 7 heteroatoms. The number of nitrogens with two attached hydrogens (primary N) is 1. The van der Waals surface area contributed by atoms with Gasteiger partial charge in [0.15, 0.2) is 5.60 Å². The summed E-state index contributed by atoms with van der Waals surface area (Å²) in [6, 6.07) is 0. The molecule has 1 aliphatic heterocycles. The lowest BCUT2D eigenvalue weighted by Crippen LogP contribution is -2.41. The van der Waals surface area contributed by atoms with Gasteiger partial charge in [-0.25, -0.2) is 9.97 Å². The molecule has 0 saturated carbocycles. The van der Waals surface area contributed by atoms with Crippen LogP contribution in [0.1, 0.15) is 18.2 Å². The lowest BCUT2D eigenvalue weighted by Gasteiger charge is -2.23. The third-order valence-corrected chi connectivity index (χ3v) is 3.93. The Kier molecular flexibility index (Phi) is 3.10. The SMILES string of the molecule is C#CC1(CO)OC(n2cc(C)c3c(N)ncnc32)CC1O. The first kappa shape index (κ1) is 13.8. The van der Waals surface area contributed by atoms with Gasteiger partial charge in [-0.05, 0) is 12.5 Å². The Hall–Kier alpha value is -2.14. The molecule has 7 nitrogen and oxygen atoms in total. The summed E-state index contributed by atoms with van der Waals surface area (Å²) < 4.78 is 7.50. The molecule has 3 rings (SSSR count). The molecule has 0 radical (unpaired) electrons. The van der Waals surface area contributed by atoms with Crippen molar-refractivity contribution >= 4 is 16.9 Å². The van der Waals surface area contributed by atoms with E-state index in [1.54, 1.807) is 4.57 Å². The zero-order valence-corrected chi connectivity index (χ0v) is 11.5. The number of rotatable bonds is 2. The molecule has 0 aliphatic carbocycles. The Morgan fingerprint density at radius 1 is 1.62 bits per heavy atom. The average molecular weight is 288 g/mol. The molecule has 1 aliphatic rings. The lowest BCUT2D eigenvalue weighted by atomic mass is 9.99. The second kappa shape index (κ2) is 4.70. The highest BCUT2D eigenvalue weighted by Gasteiger charge is 2.47. The van der Waals surface area contributed by atoms with Crippen molar-refractivity contribution in [3.8, 4) is 12.3 Å². The quantitative estimate of drug-likeness (QED) is 0.670. The van der Waals surface area contributed by atoms with E-state index in [9.17, 15) is 10.2 Å². The average Bonchev–Trinajstić information content (AvgIpc) is 2.98. The topological polar surface area (TPSA) is 106 Å². The van der Waals surface area contributed by atoms with Crippen molar-refractivity contribution in [2.75, 3.05) is 12.3 Å². The molecule has 110 valence electrons. The molecule has 21 heavy (non-hydrogen) atoms. The lowest BCUT2D eigenvalue weighted by molar-refractivity contribution is -0.0890. The maximum atomic E-state index is 10.1. The van der Waals surface area contributed by atoms with Crippen LogP contribution in [0.25, 0.3) is 11.0 Å². The van der Waals surface area contributed by atoms with Crippen LogP contribution in [0.2, 0.25) is 0 Å². The molecule has 0 amide bonds. The van der Waals surface area contributed by atoms with Gasteiger partial charge in [-0.1, -0.05) is 5.92 Å². The van der Waals surface area contributed by atoms with Gasteiger partial charge in [-0.3, -0.25) is 0 Å². The number of terminal acetylenes is 1. The van der Waals surface area contributed by atoms with Gasteiger partial charge >= 0.3 is 0 Å². The first-order valence-electron chi connectivity index (χ1n) is 6.54. The number of hydrogen-bond acceptors (Lipinski definition) is 6. The molecular weight excluding hydrogens is 272 g/mol. The third-order valence-electron chi connectivity index (χ3n) is 3.93. The van der Waals surface area contributed by atoms with Crippen LogP contribution in [0, 0.1) is 19.3 Å². The molecule has 3 heterocycles. The predicted octanol–water partition coefficient (Wildman–Crippen LogP) is -0.0340. The maximum Gasteiger partial charge on any atom is 0.179 e.